The average molecular weight is 327 g/mol. The smallest absolute Gasteiger partial charge is 0.251 e. The Balaban J connectivity index is 2.83. The Morgan fingerprint density at radius 2 is 1.74 bits per heavy atom. The second-order valence-corrected chi connectivity index (χ2v) is 5.58. The maximum atomic E-state index is 12.3. The summed E-state index contributed by atoms with van der Waals surface area (Å²) in [5.74, 6) is -0.00606. The van der Waals surface area contributed by atoms with Crippen LogP contribution in [0.15, 0.2) is 24.3 Å². The molecule has 0 fully saturated rings. The zero-order valence-corrected chi connectivity index (χ0v) is 13.8. The van der Waals surface area contributed by atoms with E-state index >= 15 is 0 Å². The minimum atomic E-state index is -0.155. The van der Waals surface area contributed by atoms with Crippen LogP contribution in [-0.2, 0) is 0 Å². The van der Waals surface area contributed by atoms with Crippen molar-refractivity contribution in [3.63, 3.8) is 0 Å². The first-order valence-electron chi connectivity index (χ1n) is 6.64. The minimum Gasteiger partial charge on any atom is -0.378 e. The predicted molar refractivity (Wildman–Crippen MR) is 85.3 cm³/mol. The molecular formula is C15H23BrN2O. The van der Waals surface area contributed by atoms with Gasteiger partial charge >= 0.3 is 0 Å². The van der Waals surface area contributed by atoms with Gasteiger partial charge < -0.3 is 10.2 Å². The van der Waals surface area contributed by atoms with E-state index in [4.69, 9.17) is 0 Å². The van der Waals surface area contributed by atoms with E-state index < -0.39 is 0 Å². The van der Waals surface area contributed by atoms with Crippen molar-refractivity contribution >= 4 is 27.5 Å². The lowest BCUT2D eigenvalue weighted by Crippen LogP contribution is -2.49. The molecule has 1 N–H and O–H groups in total. The van der Waals surface area contributed by atoms with Crippen molar-refractivity contribution in [2.24, 2.45) is 0 Å². The Morgan fingerprint density at radius 1 is 1.21 bits per heavy atom. The summed E-state index contributed by atoms with van der Waals surface area (Å²) < 4.78 is 0. The van der Waals surface area contributed by atoms with Crippen LogP contribution >= 0.6 is 15.9 Å². The first-order chi connectivity index (χ1) is 8.98. The molecule has 0 unspecified atom stereocenters. The zero-order valence-electron chi connectivity index (χ0n) is 12.2. The Labute approximate surface area is 124 Å². The SMILES string of the molecule is CCC(CC)(CBr)NC(=O)c1ccc(N(C)C)cc1. The Hall–Kier alpha value is -1.03. The molecule has 106 valence electrons. The Kier molecular flexibility index (Phi) is 5.85. The summed E-state index contributed by atoms with van der Waals surface area (Å²) in [6.45, 7) is 4.19. The molecule has 0 aromatic heterocycles. The molecule has 1 rings (SSSR count). The first kappa shape index (κ1) is 16.0. The van der Waals surface area contributed by atoms with Gasteiger partial charge in [-0.05, 0) is 37.1 Å². The standard InChI is InChI=1S/C15H23BrN2O/c1-5-15(6-2,11-16)17-14(19)12-7-9-13(10-8-12)18(3)4/h7-10H,5-6,11H2,1-4H3,(H,17,19). The molecule has 1 amide bonds. The molecule has 0 spiro atoms. The molecule has 1 aromatic rings. The van der Waals surface area contributed by atoms with Crippen LogP contribution in [0.5, 0.6) is 0 Å². The second kappa shape index (κ2) is 6.94. The summed E-state index contributed by atoms with van der Waals surface area (Å²) in [6.07, 6.45) is 1.83. The highest BCUT2D eigenvalue weighted by atomic mass is 79.9. The molecule has 1 aromatic carbocycles. The number of hydrogen-bond donors (Lipinski definition) is 1. The lowest BCUT2D eigenvalue weighted by atomic mass is 9.95. The van der Waals surface area contributed by atoms with Gasteiger partial charge in [-0.3, -0.25) is 4.79 Å². The predicted octanol–water partition coefficient (Wildman–Crippen LogP) is 3.44. The number of benzene rings is 1. The number of nitrogens with zero attached hydrogens (tertiary/aromatic N) is 1. The van der Waals surface area contributed by atoms with E-state index in [9.17, 15) is 4.79 Å². The van der Waals surface area contributed by atoms with Crippen LogP contribution < -0.4 is 10.2 Å². The number of anilines is 1. The van der Waals surface area contributed by atoms with Gasteiger partial charge in [-0.15, -0.1) is 0 Å². The summed E-state index contributed by atoms with van der Waals surface area (Å²) in [5, 5.41) is 3.92. The molecule has 0 saturated carbocycles. The van der Waals surface area contributed by atoms with Gasteiger partial charge in [0.1, 0.15) is 0 Å². The second-order valence-electron chi connectivity index (χ2n) is 5.02. The van der Waals surface area contributed by atoms with Crippen LogP contribution in [0.1, 0.15) is 37.0 Å². The molecule has 0 saturated heterocycles. The fourth-order valence-corrected chi connectivity index (χ4v) is 2.81. The highest BCUT2D eigenvalue weighted by Crippen LogP contribution is 2.19. The van der Waals surface area contributed by atoms with Crippen molar-refractivity contribution in [2.75, 3.05) is 24.3 Å². The van der Waals surface area contributed by atoms with E-state index in [0.717, 1.165) is 23.9 Å². The molecule has 4 heteroatoms. The minimum absolute atomic E-state index is 0.00606. The van der Waals surface area contributed by atoms with Crippen LogP contribution in [0.4, 0.5) is 5.69 Å². The number of alkyl halides is 1. The number of halogens is 1. The highest BCUT2D eigenvalue weighted by Gasteiger charge is 2.27. The first-order valence-corrected chi connectivity index (χ1v) is 7.76. The van der Waals surface area contributed by atoms with Gasteiger partial charge in [-0.2, -0.15) is 0 Å². The molecular weight excluding hydrogens is 304 g/mol. The molecule has 3 nitrogen and oxygen atoms in total. The van der Waals surface area contributed by atoms with Crippen LogP contribution in [0.3, 0.4) is 0 Å². The van der Waals surface area contributed by atoms with Crippen LogP contribution in [0.25, 0.3) is 0 Å². The summed E-state index contributed by atoms with van der Waals surface area (Å²) in [4.78, 5) is 14.3. The number of hydrogen-bond acceptors (Lipinski definition) is 2. The van der Waals surface area contributed by atoms with Gasteiger partial charge in [0.25, 0.3) is 5.91 Å². The van der Waals surface area contributed by atoms with E-state index in [1.807, 2.05) is 43.3 Å². The third-order valence-corrected chi connectivity index (χ3v) is 4.71. The van der Waals surface area contributed by atoms with Gasteiger partial charge in [0.05, 0.1) is 0 Å². The van der Waals surface area contributed by atoms with Gasteiger partial charge in [0.2, 0.25) is 0 Å². The quantitative estimate of drug-likeness (QED) is 0.812. The molecule has 0 radical (unpaired) electrons. The molecule has 0 aliphatic heterocycles. The monoisotopic (exact) mass is 326 g/mol. The van der Waals surface area contributed by atoms with Crippen LogP contribution in [0.2, 0.25) is 0 Å². The average Bonchev–Trinajstić information content (AvgIpc) is 2.45. The van der Waals surface area contributed by atoms with Crippen molar-refractivity contribution in [3.8, 4) is 0 Å². The highest BCUT2D eigenvalue weighted by molar-refractivity contribution is 9.09. The molecule has 0 aliphatic rings. The number of carbonyl (C=O) groups excluding carboxylic acids is 1. The molecule has 0 atom stereocenters. The number of amides is 1. The maximum absolute atomic E-state index is 12.3. The molecule has 0 bridgehead atoms. The maximum Gasteiger partial charge on any atom is 0.251 e. The summed E-state index contributed by atoms with van der Waals surface area (Å²) in [7, 11) is 3.97. The fraction of sp³-hybridized carbons (Fsp3) is 0.533. The summed E-state index contributed by atoms with van der Waals surface area (Å²) in [5.41, 5.74) is 1.64. The zero-order chi connectivity index (χ0) is 14.5. The van der Waals surface area contributed by atoms with Gasteiger partial charge in [0, 0.05) is 36.2 Å². The normalized spacial score (nSPS) is 11.2. The van der Waals surface area contributed by atoms with Crippen LogP contribution in [-0.4, -0.2) is 30.9 Å². The van der Waals surface area contributed by atoms with Crippen LogP contribution in [0, 0.1) is 0 Å². The lowest BCUT2D eigenvalue weighted by Gasteiger charge is -2.31. The third kappa shape index (κ3) is 3.96. The van der Waals surface area contributed by atoms with E-state index in [1.54, 1.807) is 0 Å². The van der Waals surface area contributed by atoms with E-state index in [-0.39, 0.29) is 11.4 Å². The van der Waals surface area contributed by atoms with E-state index in [2.05, 4.69) is 35.1 Å². The topological polar surface area (TPSA) is 32.3 Å². The van der Waals surface area contributed by atoms with Gasteiger partial charge in [-0.1, -0.05) is 29.8 Å². The third-order valence-electron chi connectivity index (χ3n) is 3.63. The molecule has 0 aliphatic carbocycles. The van der Waals surface area contributed by atoms with Crippen molar-refractivity contribution in [1.82, 2.24) is 5.32 Å². The summed E-state index contributed by atoms with van der Waals surface area (Å²) >= 11 is 3.50. The lowest BCUT2D eigenvalue weighted by molar-refractivity contribution is 0.0903. The number of carbonyl (C=O) groups is 1. The molecule has 0 heterocycles. The van der Waals surface area contributed by atoms with Gasteiger partial charge in [0.15, 0.2) is 0 Å². The van der Waals surface area contributed by atoms with E-state index in [0.29, 0.717) is 5.56 Å². The fourth-order valence-electron chi connectivity index (χ4n) is 1.87. The van der Waals surface area contributed by atoms with Crippen molar-refractivity contribution in [2.45, 2.75) is 32.2 Å². The molecule has 19 heavy (non-hydrogen) atoms. The van der Waals surface area contributed by atoms with Crippen molar-refractivity contribution in [3.05, 3.63) is 29.8 Å². The number of rotatable bonds is 6. The Bertz CT molecular complexity index is 402. The van der Waals surface area contributed by atoms with E-state index in [1.165, 1.54) is 0 Å². The largest absolute Gasteiger partial charge is 0.378 e. The Morgan fingerprint density at radius 3 is 2.11 bits per heavy atom. The van der Waals surface area contributed by atoms with Crippen molar-refractivity contribution in [1.29, 1.82) is 0 Å². The van der Waals surface area contributed by atoms with Crippen molar-refractivity contribution < 1.29 is 4.79 Å². The van der Waals surface area contributed by atoms with Gasteiger partial charge in [-0.25, -0.2) is 0 Å². The number of nitrogens with one attached hydrogen (secondary N) is 1. The summed E-state index contributed by atoms with van der Waals surface area (Å²) in [6, 6.07) is 7.66.